The molecule has 1 amide bonds. The van der Waals surface area contributed by atoms with Crippen LogP contribution in [0.25, 0.3) is 0 Å². The van der Waals surface area contributed by atoms with E-state index in [4.69, 9.17) is 4.74 Å². The average Bonchev–Trinajstić information content (AvgIpc) is 2.49. The summed E-state index contributed by atoms with van der Waals surface area (Å²) >= 11 is 0. The van der Waals surface area contributed by atoms with Crippen molar-refractivity contribution < 1.29 is 9.53 Å². The predicted molar refractivity (Wildman–Crippen MR) is 85.7 cm³/mol. The molecule has 4 heteroatoms. The fraction of sp³-hybridized carbons (Fsp3) is 0.588. The van der Waals surface area contributed by atoms with Crippen LogP contribution in [0.4, 0.5) is 5.69 Å². The van der Waals surface area contributed by atoms with Crippen molar-refractivity contribution >= 4 is 11.6 Å². The SMILES string of the molecule is CCCOc1ccc(NC(=O)CC2NCCCC2C)cc1. The van der Waals surface area contributed by atoms with Crippen LogP contribution in [-0.2, 0) is 4.79 Å². The molecular weight excluding hydrogens is 264 g/mol. The Bertz CT molecular complexity index is 445. The molecule has 0 bridgehead atoms. The van der Waals surface area contributed by atoms with E-state index in [1.165, 1.54) is 12.8 Å². The van der Waals surface area contributed by atoms with E-state index in [0.29, 0.717) is 18.4 Å². The second-order valence-electron chi connectivity index (χ2n) is 5.81. The van der Waals surface area contributed by atoms with E-state index in [9.17, 15) is 4.79 Å². The molecule has 0 spiro atoms. The van der Waals surface area contributed by atoms with Gasteiger partial charge < -0.3 is 15.4 Å². The number of hydrogen-bond acceptors (Lipinski definition) is 3. The van der Waals surface area contributed by atoms with E-state index >= 15 is 0 Å². The van der Waals surface area contributed by atoms with Crippen molar-refractivity contribution in [2.75, 3.05) is 18.5 Å². The molecule has 2 unspecified atom stereocenters. The molecule has 0 saturated carbocycles. The Morgan fingerprint density at radius 3 is 2.81 bits per heavy atom. The number of amides is 1. The molecule has 1 aromatic rings. The fourth-order valence-corrected chi connectivity index (χ4v) is 2.65. The van der Waals surface area contributed by atoms with Gasteiger partial charge in [-0.2, -0.15) is 0 Å². The number of carbonyl (C=O) groups excluding carboxylic acids is 1. The number of anilines is 1. The zero-order chi connectivity index (χ0) is 15.1. The summed E-state index contributed by atoms with van der Waals surface area (Å²) < 4.78 is 5.53. The fourth-order valence-electron chi connectivity index (χ4n) is 2.65. The Labute approximate surface area is 127 Å². The summed E-state index contributed by atoms with van der Waals surface area (Å²) in [5.41, 5.74) is 0.826. The quantitative estimate of drug-likeness (QED) is 0.846. The first kappa shape index (κ1) is 15.8. The van der Waals surface area contributed by atoms with Crippen LogP contribution < -0.4 is 15.4 Å². The van der Waals surface area contributed by atoms with Crippen molar-refractivity contribution in [2.24, 2.45) is 5.92 Å². The molecule has 0 radical (unpaired) electrons. The Balaban J connectivity index is 1.81. The Kier molecular flexibility index (Phi) is 6.05. The lowest BCUT2D eigenvalue weighted by molar-refractivity contribution is -0.117. The van der Waals surface area contributed by atoms with Crippen molar-refractivity contribution in [3.05, 3.63) is 24.3 Å². The third kappa shape index (κ3) is 5.05. The number of carbonyl (C=O) groups is 1. The third-order valence-corrected chi connectivity index (χ3v) is 3.95. The Morgan fingerprint density at radius 1 is 1.38 bits per heavy atom. The predicted octanol–water partition coefficient (Wildman–Crippen LogP) is 3.19. The van der Waals surface area contributed by atoms with E-state index < -0.39 is 0 Å². The van der Waals surface area contributed by atoms with Crippen LogP contribution in [0.3, 0.4) is 0 Å². The minimum absolute atomic E-state index is 0.0727. The smallest absolute Gasteiger partial charge is 0.225 e. The number of benzene rings is 1. The van der Waals surface area contributed by atoms with Crippen molar-refractivity contribution in [2.45, 2.75) is 45.6 Å². The highest BCUT2D eigenvalue weighted by atomic mass is 16.5. The summed E-state index contributed by atoms with van der Waals surface area (Å²) in [6.07, 6.45) is 3.94. The first-order valence-corrected chi connectivity index (χ1v) is 7.95. The summed E-state index contributed by atoms with van der Waals surface area (Å²) in [7, 11) is 0. The van der Waals surface area contributed by atoms with Gasteiger partial charge >= 0.3 is 0 Å². The Morgan fingerprint density at radius 2 is 2.14 bits per heavy atom. The largest absolute Gasteiger partial charge is 0.494 e. The highest BCUT2D eigenvalue weighted by Crippen LogP contribution is 2.20. The second-order valence-corrected chi connectivity index (χ2v) is 5.81. The van der Waals surface area contributed by atoms with Gasteiger partial charge in [-0.25, -0.2) is 0 Å². The van der Waals surface area contributed by atoms with Crippen molar-refractivity contribution in [3.8, 4) is 5.75 Å². The summed E-state index contributed by atoms with van der Waals surface area (Å²) in [5, 5.41) is 6.40. The first-order chi connectivity index (χ1) is 10.2. The van der Waals surface area contributed by atoms with Crippen LogP contribution in [0.15, 0.2) is 24.3 Å². The van der Waals surface area contributed by atoms with E-state index in [1.807, 2.05) is 24.3 Å². The maximum Gasteiger partial charge on any atom is 0.225 e. The third-order valence-electron chi connectivity index (χ3n) is 3.95. The molecule has 1 saturated heterocycles. The molecule has 0 aromatic heterocycles. The van der Waals surface area contributed by atoms with Gasteiger partial charge in [-0.1, -0.05) is 13.8 Å². The van der Waals surface area contributed by atoms with Gasteiger partial charge in [0.05, 0.1) is 6.61 Å². The lowest BCUT2D eigenvalue weighted by Gasteiger charge is -2.29. The van der Waals surface area contributed by atoms with Gasteiger partial charge in [0.25, 0.3) is 0 Å². The normalized spacial score (nSPS) is 21.8. The van der Waals surface area contributed by atoms with E-state index in [1.54, 1.807) is 0 Å². The van der Waals surface area contributed by atoms with Crippen molar-refractivity contribution in [3.63, 3.8) is 0 Å². The van der Waals surface area contributed by atoms with E-state index in [-0.39, 0.29) is 5.91 Å². The molecule has 4 nitrogen and oxygen atoms in total. The lowest BCUT2D eigenvalue weighted by atomic mass is 9.90. The maximum absolute atomic E-state index is 12.1. The lowest BCUT2D eigenvalue weighted by Crippen LogP contribution is -2.42. The first-order valence-electron chi connectivity index (χ1n) is 7.95. The molecule has 1 aliphatic rings. The number of hydrogen-bond donors (Lipinski definition) is 2. The number of nitrogens with one attached hydrogen (secondary N) is 2. The summed E-state index contributed by atoms with van der Waals surface area (Å²) in [5.74, 6) is 1.48. The standard InChI is InChI=1S/C17H26N2O2/c1-3-11-21-15-8-6-14(7-9-15)19-17(20)12-16-13(2)5-4-10-18-16/h6-9,13,16,18H,3-5,10-12H2,1-2H3,(H,19,20). The maximum atomic E-state index is 12.1. The number of ether oxygens (including phenoxy) is 1. The van der Waals surface area contributed by atoms with E-state index in [2.05, 4.69) is 24.5 Å². The van der Waals surface area contributed by atoms with Gasteiger partial charge in [-0.15, -0.1) is 0 Å². The molecule has 116 valence electrons. The van der Waals surface area contributed by atoms with Gasteiger partial charge in [-0.05, 0) is 56.0 Å². The molecule has 1 aliphatic heterocycles. The zero-order valence-corrected chi connectivity index (χ0v) is 13.0. The van der Waals surface area contributed by atoms with Crippen molar-refractivity contribution in [1.29, 1.82) is 0 Å². The minimum Gasteiger partial charge on any atom is -0.494 e. The van der Waals surface area contributed by atoms with Crippen LogP contribution in [0.5, 0.6) is 5.75 Å². The highest BCUT2D eigenvalue weighted by molar-refractivity contribution is 5.91. The molecule has 1 aromatic carbocycles. The minimum atomic E-state index is 0.0727. The van der Waals surface area contributed by atoms with Gasteiger partial charge in [0, 0.05) is 18.2 Å². The average molecular weight is 290 g/mol. The van der Waals surface area contributed by atoms with Gasteiger partial charge in [0.1, 0.15) is 5.75 Å². The van der Waals surface area contributed by atoms with Crippen LogP contribution in [-0.4, -0.2) is 25.1 Å². The van der Waals surface area contributed by atoms with Crippen LogP contribution in [0, 0.1) is 5.92 Å². The summed E-state index contributed by atoms with van der Waals surface area (Å²) in [6.45, 7) is 6.03. The van der Waals surface area contributed by atoms with Crippen LogP contribution in [0.1, 0.15) is 39.5 Å². The molecule has 21 heavy (non-hydrogen) atoms. The molecule has 2 rings (SSSR count). The van der Waals surface area contributed by atoms with Gasteiger partial charge in [-0.3, -0.25) is 4.79 Å². The second kappa shape index (κ2) is 8.03. The van der Waals surface area contributed by atoms with Gasteiger partial charge in [0.2, 0.25) is 5.91 Å². The summed E-state index contributed by atoms with van der Waals surface area (Å²) in [4.78, 5) is 12.1. The molecule has 1 fully saturated rings. The Hall–Kier alpha value is -1.55. The summed E-state index contributed by atoms with van der Waals surface area (Å²) in [6, 6.07) is 7.87. The van der Waals surface area contributed by atoms with Crippen LogP contribution in [0.2, 0.25) is 0 Å². The topological polar surface area (TPSA) is 50.4 Å². The zero-order valence-electron chi connectivity index (χ0n) is 13.0. The molecule has 0 aliphatic carbocycles. The van der Waals surface area contributed by atoms with Crippen LogP contribution >= 0.6 is 0 Å². The van der Waals surface area contributed by atoms with Crippen molar-refractivity contribution in [1.82, 2.24) is 5.32 Å². The highest BCUT2D eigenvalue weighted by Gasteiger charge is 2.23. The van der Waals surface area contributed by atoms with Gasteiger partial charge in [0.15, 0.2) is 0 Å². The monoisotopic (exact) mass is 290 g/mol. The molecular formula is C17H26N2O2. The molecule has 1 heterocycles. The molecule has 2 N–H and O–H groups in total. The number of rotatable bonds is 6. The number of piperidine rings is 1. The molecule has 2 atom stereocenters. The van der Waals surface area contributed by atoms with E-state index in [0.717, 1.165) is 31.0 Å².